The quantitative estimate of drug-likeness (QED) is 0.299. The van der Waals surface area contributed by atoms with Crippen molar-refractivity contribution in [2.75, 3.05) is 6.67 Å². The molecule has 0 fully saturated rings. The van der Waals surface area contributed by atoms with Gasteiger partial charge in [0, 0.05) is 4.92 Å². The number of rotatable bonds is 2. The Labute approximate surface area is 33.6 Å². The molecule has 0 aromatic carbocycles. The molecule has 0 saturated heterocycles. The Balaban J connectivity index is 3.05. The van der Waals surface area contributed by atoms with Crippen LogP contribution in [0.3, 0.4) is 0 Å². The second-order valence-electron chi connectivity index (χ2n) is 0.632. The van der Waals surface area contributed by atoms with E-state index in [1.54, 1.807) is 0 Å². The predicted molar refractivity (Wildman–Crippen MR) is 17.0 cm³/mol. The lowest BCUT2D eigenvalue weighted by Crippen LogP contribution is -1.93. The zero-order valence-electron chi connectivity index (χ0n) is 2.92. The summed E-state index contributed by atoms with van der Waals surface area (Å²) in [5.41, 5.74) is 5.92. The molecule has 0 aromatic rings. The second-order valence-corrected chi connectivity index (χ2v) is 0.632. The Morgan fingerprint density at radius 1 is 2.00 bits per heavy atom. The van der Waals surface area contributed by atoms with Crippen molar-refractivity contribution in [3.8, 4) is 0 Å². The summed E-state index contributed by atoms with van der Waals surface area (Å²) in [5.74, 6) is 0. The Kier molecular flexibility index (Phi) is 1.88. The van der Waals surface area contributed by atoms with E-state index in [9.17, 15) is 10.1 Å². The third-order valence-electron chi connectivity index (χ3n) is 0.186. The van der Waals surface area contributed by atoms with Crippen molar-refractivity contribution in [1.82, 2.24) is 0 Å². The lowest BCUT2D eigenvalue weighted by molar-refractivity contribution is -0.479. The zero-order valence-corrected chi connectivity index (χ0v) is 2.92. The SMILES string of the molecule is N=NC[N+](=O)[O-]. The fourth-order valence-electron chi connectivity index (χ4n) is 0.0577. The number of nitrogens with zero attached hydrogens (tertiary/aromatic N) is 2. The lowest BCUT2D eigenvalue weighted by Gasteiger charge is -1.74. The number of nitrogens with one attached hydrogen (secondary N) is 1. The van der Waals surface area contributed by atoms with Crippen LogP contribution in [-0.4, -0.2) is 11.6 Å². The highest BCUT2D eigenvalue weighted by Gasteiger charge is 1.83. The second kappa shape index (κ2) is 2.25. The number of hydrogen-bond acceptors (Lipinski definition) is 4. The Morgan fingerprint density at radius 3 is 2.50 bits per heavy atom. The molecular formula is CH3N3O2. The monoisotopic (exact) mass is 89.0 g/mol. The summed E-state index contributed by atoms with van der Waals surface area (Å²) in [6, 6.07) is 0. The van der Waals surface area contributed by atoms with Gasteiger partial charge in [-0.2, -0.15) is 0 Å². The predicted octanol–water partition coefficient (Wildman–Crippen LogP) is 0.252. The molecule has 1 N–H and O–H groups in total. The average Bonchev–Trinajstić information content (AvgIpc) is 1.35. The molecule has 0 bridgehead atoms. The van der Waals surface area contributed by atoms with Crippen LogP contribution in [0.1, 0.15) is 0 Å². The fourth-order valence-corrected chi connectivity index (χ4v) is 0.0577. The van der Waals surface area contributed by atoms with Crippen molar-refractivity contribution in [1.29, 1.82) is 5.53 Å². The molecule has 0 aromatic heterocycles. The van der Waals surface area contributed by atoms with Gasteiger partial charge < -0.3 is 0 Å². The normalized spacial score (nSPS) is 7.33. The first kappa shape index (κ1) is 5.00. The maximum Gasteiger partial charge on any atom is 0.311 e. The van der Waals surface area contributed by atoms with E-state index in [2.05, 4.69) is 5.11 Å². The molecular weight excluding hydrogens is 86.0 g/mol. The van der Waals surface area contributed by atoms with Gasteiger partial charge in [-0.05, 0) is 0 Å². The van der Waals surface area contributed by atoms with Crippen LogP contribution in [0.25, 0.3) is 0 Å². The lowest BCUT2D eigenvalue weighted by atomic mass is 11.2. The van der Waals surface area contributed by atoms with Crippen molar-refractivity contribution in [3.63, 3.8) is 0 Å². The smallest absolute Gasteiger partial charge is 0.262 e. The van der Waals surface area contributed by atoms with Gasteiger partial charge >= 0.3 is 6.67 Å². The Bertz CT molecular complexity index is 69.2. The van der Waals surface area contributed by atoms with Crippen LogP contribution in [0.4, 0.5) is 0 Å². The van der Waals surface area contributed by atoms with Crippen LogP contribution >= 0.6 is 0 Å². The highest BCUT2D eigenvalue weighted by atomic mass is 16.6. The molecule has 5 nitrogen and oxygen atoms in total. The minimum absolute atomic E-state index is 0.611. The van der Waals surface area contributed by atoms with Crippen molar-refractivity contribution in [2.24, 2.45) is 5.11 Å². The molecule has 0 heterocycles. The zero-order chi connectivity index (χ0) is 4.99. The van der Waals surface area contributed by atoms with Gasteiger partial charge in [0.05, 0.1) is 0 Å². The highest BCUT2D eigenvalue weighted by molar-refractivity contribution is 4.07. The molecule has 0 saturated carbocycles. The van der Waals surface area contributed by atoms with Crippen LogP contribution in [0, 0.1) is 15.6 Å². The first-order chi connectivity index (χ1) is 2.77. The van der Waals surface area contributed by atoms with Gasteiger partial charge in [0.1, 0.15) is 0 Å². The van der Waals surface area contributed by atoms with E-state index in [0.717, 1.165) is 0 Å². The molecule has 0 amide bonds. The van der Waals surface area contributed by atoms with Crippen molar-refractivity contribution in [3.05, 3.63) is 10.1 Å². The minimum Gasteiger partial charge on any atom is -0.262 e. The molecule has 5 heteroatoms. The molecule has 0 radical (unpaired) electrons. The van der Waals surface area contributed by atoms with Gasteiger partial charge in [-0.3, -0.25) is 10.1 Å². The number of nitro groups is 1. The number of hydrogen-bond donors (Lipinski definition) is 1. The van der Waals surface area contributed by atoms with Crippen molar-refractivity contribution >= 4 is 0 Å². The summed E-state index contributed by atoms with van der Waals surface area (Å²) in [5, 5.41) is 11.7. The topological polar surface area (TPSA) is 79.3 Å². The van der Waals surface area contributed by atoms with Crippen LogP contribution in [-0.2, 0) is 0 Å². The van der Waals surface area contributed by atoms with E-state index in [4.69, 9.17) is 5.53 Å². The largest absolute Gasteiger partial charge is 0.311 e. The standard InChI is InChI=1S/CH3N3O2/c2-3-1-4(5)6/h2H,1H2. The fraction of sp³-hybridized carbons (Fsp3) is 1.00. The molecule has 0 spiro atoms. The maximum absolute atomic E-state index is 9.19. The van der Waals surface area contributed by atoms with E-state index in [1.807, 2.05) is 0 Å². The van der Waals surface area contributed by atoms with Crippen molar-refractivity contribution in [2.45, 2.75) is 0 Å². The molecule has 34 valence electrons. The summed E-state index contributed by atoms with van der Waals surface area (Å²) in [6.07, 6.45) is 0. The van der Waals surface area contributed by atoms with Gasteiger partial charge in [-0.25, -0.2) is 5.53 Å². The van der Waals surface area contributed by atoms with E-state index in [0.29, 0.717) is 0 Å². The van der Waals surface area contributed by atoms with E-state index in [-0.39, 0.29) is 0 Å². The van der Waals surface area contributed by atoms with Gasteiger partial charge in [-0.15, -0.1) is 5.11 Å². The third kappa shape index (κ3) is 3.00. The Hall–Kier alpha value is -1.00. The molecule has 0 aliphatic rings. The maximum atomic E-state index is 9.19. The van der Waals surface area contributed by atoms with E-state index < -0.39 is 11.6 Å². The molecule has 0 rings (SSSR count). The van der Waals surface area contributed by atoms with E-state index >= 15 is 0 Å². The molecule has 6 heavy (non-hydrogen) atoms. The molecule has 0 atom stereocenters. The average molecular weight is 89.1 g/mol. The van der Waals surface area contributed by atoms with Crippen LogP contribution in [0.5, 0.6) is 0 Å². The summed E-state index contributed by atoms with van der Waals surface area (Å²) >= 11 is 0. The first-order valence-electron chi connectivity index (χ1n) is 1.22. The van der Waals surface area contributed by atoms with Gasteiger partial charge in [-0.1, -0.05) is 0 Å². The highest BCUT2D eigenvalue weighted by Crippen LogP contribution is 1.64. The summed E-state index contributed by atoms with van der Waals surface area (Å²) < 4.78 is 0. The van der Waals surface area contributed by atoms with Gasteiger partial charge in [0.15, 0.2) is 0 Å². The van der Waals surface area contributed by atoms with Gasteiger partial charge in [0.2, 0.25) is 0 Å². The molecule has 0 aliphatic heterocycles. The van der Waals surface area contributed by atoms with Gasteiger partial charge in [0.25, 0.3) is 0 Å². The van der Waals surface area contributed by atoms with Crippen LogP contribution in [0.2, 0.25) is 0 Å². The third-order valence-corrected chi connectivity index (χ3v) is 0.186. The van der Waals surface area contributed by atoms with Crippen molar-refractivity contribution < 1.29 is 4.92 Å². The van der Waals surface area contributed by atoms with E-state index in [1.165, 1.54) is 0 Å². The first-order valence-corrected chi connectivity index (χ1v) is 1.22. The molecule has 0 unspecified atom stereocenters. The molecule has 0 aliphatic carbocycles. The van der Waals surface area contributed by atoms with Crippen LogP contribution in [0.15, 0.2) is 5.11 Å². The summed E-state index contributed by atoms with van der Waals surface area (Å²) in [4.78, 5) is 8.52. The minimum atomic E-state index is -0.674. The summed E-state index contributed by atoms with van der Waals surface area (Å²) in [7, 11) is 0. The van der Waals surface area contributed by atoms with Crippen LogP contribution < -0.4 is 0 Å². The Morgan fingerprint density at radius 2 is 2.50 bits per heavy atom. The summed E-state index contributed by atoms with van der Waals surface area (Å²) in [6.45, 7) is -0.611.